The summed E-state index contributed by atoms with van der Waals surface area (Å²) >= 11 is 0. The van der Waals surface area contributed by atoms with Crippen molar-refractivity contribution in [3.05, 3.63) is 42.8 Å². The molecule has 0 spiro atoms. The van der Waals surface area contributed by atoms with Crippen LogP contribution in [0.3, 0.4) is 0 Å². The Morgan fingerprint density at radius 1 is 1.46 bits per heavy atom. The standard InChI is InChI=1S/C10H12NO2/c1-8(12)11-10(13)7-9-5-3-2-4-6-9/h2-6,8,12H,1,7H2,(H,11,13). The van der Waals surface area contributed by atoms with E-state index in [1.807, 2.05) is 30.3 Å². The highest BCUT2D eigenvalue weighted by Gasteiger charge is 2.04. The van der Waals surface area contributed by atoms with Crippen molar-refractivity contribution in [2.75, 3.05) is 0 Å². The molecule has 69 valence electrons. The van der Waals surface area contributed by atoms with E-state index in [4.69, 9.17) is 5.11 Å². The van der Waals surface area contributed by atoms with E-state index in [2.05, 4.69) is 12.2 Å². The molecule has 0 aliphatic rings. The van der Waals surface area contributed by atoms with Crippen molar-refractivity contribution in [3.63, 3.8) is 0 Å². The minimum absolute atomic E-state index is 0.228. The van der Waals surface area contributed by atoms with Crippen LogP contribution in [0.4, 0.5) is 0 Å². The lowest BCUT2D eigenvalue weighted by Crippen LogP contribution is -2.33. The fourth-order valence-electron chi connectivity index (χ4n) is 1.02. The Hall–Kier alpha value is -1.35. The van der Waals surface area contributed by atoms with E-state index in [0.29, 0.717) is 0 Å². The number of nitrogens with one attached hydrogen (secondary N) is 1. The third-order valence-corrected chi connectivity index (χ3v) is 1.54. The Labute approximate surface area is 77.4 Å². The second kappa shape index (κ2) is 4.62. The van der Waals surface area contributed by atoms with Gasteiger partial charge >= 0.3 is 0 Å². The van der Waals surface area contributed by atoms with E-state index >= 15 is 0 Å². The lowest BCUT2D eigenvalue weighted by molar-refractivity contribution is -0.122. The number of aliphatic hydroxyl groups excluding tert-OH is 1. The maximum Gasteiger partial charge on any atom is 0.226 e. The van der Waals surface area contributed by atoms with Gasteiger partial charge < -0.3 is 10.4 Å². The number of hydrogen-bond acceptors (Lipinski definition) is 2. The van der Waals surface area contributed by atoms with Gasteiger partial charge in [0.25, 0.3) is 0 Å². The number of hydrogen-bond donors (Lipinski definition) is 2. The summed E-state index contributed by atoms with van der Waals surface area (Å²) in [6.07, 6.45) is -0.760. The second-order valence-electron chi connectivity index (χ2n) is 2.75. The Bertz CT molecular complexity index is 270. The van der Waals surface area contributed by atoms with Gasteiger partial charge in [0.2, 0.25) is 5.91 Å². The van der Waals surface area contributed by atoms with Crippen LogP contribution in [0.2, 0.25) is 0 Å². The van der Waals surface area contributed by atoms with Gasteiger partial charge in [0.1, 0.15) is 6.23 Å². The summed E-state index contributed by atoms with van der Waals surface area (Å²) in [5.74, 6) is -0.228. The Morgan fingerprint density at radius 2 is 2.08 bits per heavy atom. The van der Waals surface area contributed by atoms with Gasteiger partial charge in [-0.05, 0) is 12.5 Å². The minimum Gasteiger partial charge on any atom is -0.374 e. The molecular weight excluding hydrogens is 166 g/mol. The lowest BCUT2D eigenvalue weighted by atomic mass is 10.1. The average molecular weight is 178 g/mol. The molecule has 0 bridgehead atoms. The first-order chi connectivity index (χ1) is 6.18. The van der Waals surface area contributed by atoms with Crippen LogP contribution in [0.1, 0.15) is 5.56 Å². The molecule has 1 rings (SSSR count). The molecule has 0 fully saturated rings. The van der Waals surface area contributed by atoms with Gasteiger partial charge in [0.15, 0.2) is 0 Å². The molecule has 0 aromatic heterocycles. The Balaban J connectivity index is 2.46. The number of amides is 1. The minimum atomic E-state index is -1.03. The highest BCUT2D eigenvalue weighted by atomic mass is 16.3. The predicted molar refractivity (Wildman–Crippen MR) is 49.7 cm³/mol. The van der Waals surface area contributed by atoms with Crippen molar-refractivity contribution < 1.29 is 9.90 Å². The molecule has 3 nitrogen and oxygen atoms in total. The van der Waals surface area contributed by atoms with E-state index < -0.39 is 6.23 Å². The molecule has 2 N–H and O–H groups in total. The molecule has 0 aliphatic heterocycles. The van der Waals surface area contributed by atoms with Gasteiger partial charge in [-0.15, -0.1) is 0 Å². The second-order valence-corrected chi connectivity index (χ2v) is 2.75. The summed E-state index contributed by atoms with van der Waals surface area (Å²) in [6.45, 7) is 3.24. The van der Waals surface area contributed by atoms with Gasteiger partial charge in [0, 0.05) is 0 Å². The third-order valence-electron chi connectivity index (χ3n) is 1.54. The quantitative estimate of drug-likeness (QED) is 0.662. The van der Waals surface area contributed by atoms with E-state index in [1.165, 1.54) is 0 Å². The van der Waals surface area contributed by atoms with Crippen LogP contribution in [0.5, 0.6) is 0 Å². The van der Waals surface area contributed by atoms with Gasteiger partial charge in [0.05, 0.1) is 6.42 Å². The average Bonchev–Trinajstić information content (AvgIpc) is 2.04. The van der Waals surface area contributed by atoms with Gasteiger partial charge in [-0.3, -0.25) is 4.79 Å². The van der Waals surface area contributed by atoms with Crippen LogP contribution in [-0.4, -0.2) is 17.2 Å². The SMILES string of the molecule is [CH2]C(O)NC(=O)Cc1ccccc1. The monoisotopic (exact) mass is 178 g/mol. The highest BCUT2D eigenvalue weighted by Crippen LogP contribution is 1.98. The summed E-state index contributed by atoms with van der Waals surface area (Å²) in [6, 6.07) is 9.33. The zero-order valence-electron chi connectivity index (χ0n) is 7.23. The Kier molecular flexibility index (Phi) is 3.46. The van der Waals surface area contributed by atoms with E-state index in [9.17, 15) is 4.79 Å². The first kappa shape index (κ1) is 9.74. The molecule has 1 amide bonds. The Morgan fingerprint density at radius 3 is 2.62 bits per heavy atom. The van der Waals surface area contributed by atoms with Crippen molar-refractivity contribution in [2.24, 2.45) is 0 Å². The van der Waals surface area contributed by atoms with Gasteiger partial charge in [-0.25, -0.2) is 0 Å². The topological polar surface area (TPSA) is 49.3 Å². The highest BCUT2D eigenvalue weighted by molar-refractivity contribution is 5.78. The molecule has 0 saturated carbocycles. The smallest absolute Gasteiger partial charge is 0.226 e. The van der Waals surface area contributed by atoms with Crippen molar-refractivity contribution in [3.8, 4) is 0 Å². The molecule has 0 aliphatic carbocycles. The van der Waals surface area contributed by atoms with Crippen LogP contribution >= 0.6 is 0 Å². The summed E-state index contributed by atoms with van der Waals surface area (Å²) < 4.78 is 0. The van der Waals surface area contributed by atoms with Crippen molar-refractivity contribution in [2.45, 2.75) is 12.6 Å². The lowest BCUT2D eigenvalue weighted by Gasteiger charge is -2.06. The van der Waals surface area contributed by atoms with Crippen LogP contribution in [-0.2, 0) is 11.2 Å². The number of aliphatic hydroxyl groups is 1. The molecule has 1 aromatic carbocycles. The summed E-state index contributed by atoms with van der Waals surface area (Å²) in [7, 11) is 0. The molecule has 1 radical (unpaired) electrons. The molecule has 1 aromatic rings. The largest absolute Gasteiger partial charge is 0.374 e. The van der Waals surface area contributed by atoms with Crippen LogP contribution in [0, 0.1) is 6.92 Å². The summed E-state index contributed by atoms with van der Waals surface area (Å²) in [5.41, 5.74) is 0.917. The van der Waals surface area contributed by atoms with Crippen LogP contribution < -0.4 is 5.32 Å². The number of carbonyl (C=O) groups is 1. The predicted octanol–water partition coefficient (Wildman–Crippen LogP) is 0.498. The van der Waals surface area contributed by atoms with E-state index in [1.54, 1.807) is 0 Å². The maximum absolute atomic E-state index is 11.1. The van der Waals surface area contributed by atoms with E-state index in [-0.39, 0.29) is 12.3 Å². The summed E-state index contributed by atoms with van der Waals surface area (Å²) in [4.78, 5) is 11.1. The molecule has 0 heterocycles. The molecule has 1 unspecified atom stereocenters. The fourth-order valence-corrected chi connectivity index (χ4v) is 1.02. The first-order valence-electron chi connectivity index (χ1n) is 4.03. The molecule has 13 heavy (non-hydrogen) atoms. The maximum atomic E-state index is 11.1. The molecule has 0 saturated heterocycles. The zero-order valence-corrected chi connectivity index (χ0v) is 7.23. The van der Waals surface area contributed by atoms with Crippen LogP contribution in [0.25, 0.3) is 0 Å². The van der Waals surface area contributed by atoms with Gasteiger partial charge in [-0.1, -0.05) is 30.3 Å². The fraction of sp³-hybridized carbons (Fsp3) is 0.200. The number of carbonyl (C=O) groups excluding carboxylic acids is 1. The third kappa shape index (κ3) is 3.71. The molecule has 3 heteroatoms. The summed E-state index contributed by atoms with van der Waals surface area (Å²) in [5, 5.41) is 11.1. The number of benzene rings is 1. The van der Waals surface area contributed by atoms with Crippen molar-refractivity contribution in [1.29, 1.82) is 0 Å². The first-order valence-corrected chi connectivity index (χ1v) is 4.03. The normalized spacial score (nSPS) is 12.2. The van der Waals surface area contributed by atoms with Gasteiger partial charge in [-0.2, -0.15) is 0 Å². The number of rotatable bonds is 3. The van der Waals surface area contributed by atoms with E-state index in [0.717, 1.165) is 5.56 Å². The zero-order chi connectivity index (χ0) is 9.68. The van der Waals surface area contributed by atoms with Crippen LogP contribution in [0.15, 0.2) is 30.3 Å². The van der Waals surface area contributed by atoms with Crippen molar-refractivity contribution in [1.82, 2.24) is 5.32 Å². The van der Waals surface area contributed by atoms with Crippen molar-refractivity contribution >= 4 is 5.91 Å². The molecule has 1 atom stereocenters. The molecular formula is C10H12NO2.